The van der Waals surface area contributed by atoms with Gasteiger partial charge in [0.25, 0.3) is 0 Å². The van der Waals surface area contributed by atoms with Crippen LogP contribution < -0.4 is 0 Å². The Kier molecular flexibility index (Phi) is 3.72. The second-order valence-corrected chi connectivity index (χ2v) is 4.62. The van der Waals surface area contributed by atoms with Crippen LogP contribution in [0.4, 0.5) is 0 Å². The summed E-state index contributed by atoms with van der Waals surface area (Å²) in [6, 6.07) is 0. The first-order valence-electron chi connectivity index (χ1n) is 5.07. The van der Waals surface area contributed by atoms with Gasteiger partial charge in [-0.05, 0) is 62.4 Å². The summed E-state index contributed by atoms with van der Waals surface area (Å²) in [5, 5.41) is 0.399. The van der Waals surface area contributed by atoms with E-state index in [-0.39, 0.29) is 5.78 Å². The Balaban J connectivity index is 3.60. The molecule has 0 unspecified atom stereocenters. The lowest BCUT2D eigenvalue weighted by Crippen LogP contribution is -2.10. The van der Waals surface area contributed by atoms with Gasteiger partial charge in [-0.2, -0.15) is 0 Å². The van der Waals surface area contributed by atoms with E-state index < -0.39 is 0 Å². The van der Waals surface area contributed by atoms with Gasteiger partial charge in [0.1, 0.15) is 0 Å². The Morgan fingerprint density at radius 1 is 0.867 bits per heavy atom. The third-order valence-corrected chi connectivity index (χ3v) is 3.91. The zero-order chi connectivity index (χ0) is 11.7. The van der Waals surface area contributed by atoms with E-state index in [9.17, 15) is 4.79 Å². The van der Waals surface area contributed by atoms with Crippen LogP contribution in [0.3, 0.4) is 0 Å². The number of halogens is 1. The van der Waals surface area contributed by atoms with Gasteiger partial charge >= 0.3 is 0 Å². The number of alkyl halides is 1. The minimum absolute atomic E-state index is 0.177. The molecule has 1 aromatic carbocycles. The predicted octanol–water partition coefficient (Wildman–Crippen LogP) is 3.81. The Hall–Kier alpha value is -0.630. The average molecular weight is 269 g/mol. The minimum atomic E-state index is 0.177. The normalized spacial score (nSPS) is 10.5. The Morgan fingerprint density at radius 3 is 1.53 bits per heavy atom. The lowest BCUT2D eigenvalue weighted by atomic mass is 9.88. The zero-order valence-electron chi connectivity index (χ0n) is 9.99. The molecule has 0 aliphatic carbocycles. The molecule has 0 aliphatic heterocycles. The highest BCUT2D eigenvalue weighted by Gasteiger charge is 2.16. The topological polar surface area (TPSA) is 17.1 Å². The molecule has 0 bridgehead atoms. The van der Waals surface area contributed by atoms with E-state index in [4.69, 9.17) is 0 Å². The molecule has 82 valence electrons. The number of carbonyl (C=O) groups excluding carboxylic acids is 1. The molecule has 0 saturated carbocycles. The lowest BCUT2D eigenvalue weighted by molar-refractivity contribution is 0.102. The van der Waals surface area contributed by atoms with Gasteiger partial charge in [-0.3, -0.25) is 4.79 Å². The SMILES string of the molecule is Cc1c(C)c(C)c(C(=O)CBr)c(C)c1C. The van der Waals surface area contributed by atoms with E-state index >= 15 is 0 Å². The summed E-state index contributed by atoms with van der Waals surface area (Å²) in [5.74, 6) is 0.177. The number of rotatable bonds is 2. The summed E-state index contributed by atoms with van der Waals surface area (Å²) in [6.45, 7) is 10.4. The predicted molar refractivity (Wildman–Crippen MR) is 68.3 cm³/mol. The molecule has 0 heterocycles. The van der Waals surface area contributed by atoms with Gasteiger partial charge in [-0.25, -0.2) is 0 Å². The first-order valence-corrected chi connectivity index (χ1v) is 6.20. The smallest absolute Gasteiger partial charge is 0.173 e. The highest BCUT2D eigenvalue weighted by molar-refractivity contribution is 9.09. The Labute approximate surface area is 100 Å². The maximum absolute atomic E-state index is 11.8. The summed E-state index contributed by atoms with van der Waals surface area (Å²) in [6.07, 6.45) is 0. The fourth-order valence-corrected chi connectivity index (χ4v) is 2.27. The van der Waals surface area contributed by atoms with Gasteiger partial charge in [-0.15, -0.1) is 0 Å². The van der Waals surface area contributed by atoms with E-state index in [2.05, 4.69) is 36.7 Å². The van der Waals surface area contributed by atoms with Crippen molar-refractivity contribution in [2.24, 2.45) is 0 Å². The van der Waals surface area contributed by atoms with Gasteiger partial charge in [0.15, 0.2) is 5.78 Å². The van der Waals surface area contributed by atoms with Crippen LogP contribution in [0, 0.1) is 34.6 Å². The van der Waals surface area contributed by atoms with Gasteiger partial charge in [-0.1, -0.05) is 15.9 Å². The molecule has 0 aliphatic rings. The number of hydrogen-bond donors (Lipinski definition) is 0. The molecule has 0 radical (unpaired) electrons. The van der Waals surface area contributed by atoms with Crippen molar-refractivity contribution in [3.05, 3.63) is 33.4 Å². The van der Waals surface area contributed by atoms with E-state index in [1.54, 1.807) is 0 Å². The van der Waals surface area contributed by atoms with Crippen LogP contribution in [-0.4, -0.2) is 11.1 Å². The van der Waals surface area contributed by atoms with Crippen molar-refractivity contribution >= 4 is 21.7 Å². The monoisotopic (exact) mass is 268 g/mol. The fourth-order valence-electron chi connectivity index (χ4n) is 1.99. The summed E-state index contributed by atoms with van der Waals surface area (Å²) >= 11 is 3.24. The molecular formula is C13H17BrO. The molecule has 0 N–H and O–H groups in total. The molecule has 0 fully saturated rings. The summed E-state index contributed by atoms with van der Waals surface area (Å²) in [4.78, 5) is 11.8. The number of carbonyl (C=O) groups is 1. The maximum atomic E-state index is 11.8. The van der Waals surface area contributed by atoms with Gasteiger partial charge in [0.2, 0.25) is 0 Å². The van der Waals surface area contributed by atoms with Crippen LogP contribution >= 0.6 is 15.9 Å². The number of hydrogen-bond acceptors (Lipinski definition) is 1. The summed E-state index contributed by atoms with van der Waals surface area (Å²) in [5.41, 5.74) is 6.92. The molecule has 0 spiro atoms. The van der Waals surface area contributed by atoms with E-state index in [0.29, 0.717) is 5.33 Å². The lowest BCUT2D eigenvalue weighted by Gasteiger charge is -2.17. The van der Waals surface area contributed by atoms with Crippen LogP contribution in [0.5, 0.6) is 0 Å². The van der Waals surface area contributed by atoms with Crippen molar-refractivity contribution < 1.29 is 4.79 Å². The molecule has 2 heteroatoms. The quantitative estimate of drug-likeness (QED) is 0.589. The fraction of sp³-hybridized carbons (Fsp3) is 0.462. The van der Waals surface area contributed by atoms with Gasteiger partial charge < -0.3 is 0 Å². The van der Waals surface area contributed by atoms with Crippen LogP contribution in [0.15, 0.2) is 0 Å². The third kappa shape index (κ3) is 2.00. The second kappa shape index (κ2) is 4.48. The third-order valence-electron chi connectivity index (χ3n) is 3.40. The standard InChI is InChI=1S/C13H17BrO/c1-7-8(2)10(4)13(12(15)6-14)11(5)9(7)3/h6H2,1-5H3. The van der Waals surface area contributed by atoms with Crippen LogP contribution in [0.25, 0.3) is 0 Å². The molecule has 0 saturated heterocycles. The first kappa shape index (κ1) is 12.4. The van der Waals surface area contributed by atoms with E-state index in [1.807, 2.05) is 13.8 Å². The van der Waals surface area contributed by atoms with E-state index in [0.717, 1.165) is 16.7 Å². The average Bonchev–Trinajstić information content (AvgIpc) is 2.23. The summed E-state index contributed by atoms with van der Waals surface area (Å²) in [7, 11) is 0. The zero-order valence-corrected chi connectivity index (χ0v) is 11.6. The Morgan fingerprint density at radius 2 is 1.20 bits per heavy atom. The minimum Gasteiger partial charge on any atom is -0.293 e. The van der Waals surface area contributed by atoms with Crippen molar-refractivity contribution in [3.63, 3.8) is 0 Å². The highest BCUT2D eigenvalue weighted by Crippen LogP contribution is 2.26. The number of Topliss-reactive ketones (excluding diaryl/α,β-unsaturated/α-hetero) is 1. The van der Waals surface area contributed by atoms with E-state index in [1.165, 1.54) is 16.7 Å². The van der Waals surface area contributed by atoms with Gasteiger partial charge in [0.05, 0.1) is 5.33 Å². The van der Waals surface area contributed by atoms with Crippen LogP contribution in [0.1, 0.15) is 38.2 Å². The molecule has 0 amide bonds. The van der Waals surface area contributed by atoms with Crippen LogP contribution in [-0.2, 0) is 0 Å². The van der Waals surface area contributed by atoms with Crippen molar-refractivity contribution in [2.75, 3.05) is 5.33 Å². The summed E-state index contributed by atoms with van der Waals surface area (Å²) < 4.78 is 0. The van der Waals surface area contributed by atoms with Crippen LogP contribution in [0.2, 0.25) is 0 Å². The molecule has 1 nitrogen and oxygen atoms in total. The van der Waals surface area contributed by atoms with Gasteiger partial charge in [0, 0.05) is 5.56 Å². The molecule has 1 rings (SSSR count). The van der Waals surface area contributed by atoms with Crippen molar-refractivity contribution in [1.82, 2.24) is 0 Å². The molecule has 15 heavy (non-hydrogen) atoms. The maximum Gasteiger partial charge on any atom is 0.173 e. The second-order valence-electron chi connectivity index (χ2n) is 4.06. The number of benzene rings is 1. The van der Waals surface area contributed by atoms with Crippen molar-refractivity contribution in [1.29, 1.82) is 0 Å². The highest BCUT2D eigenvalue weighted by atomic mass is 79.9. The molecule has 0 atom stereocenters. The first-order chi connectivity index (χ1) is 6.91. The van der Waals surface area contributed by atoms with Crippen molar-refractivity contribution in [3.8, 4) is 0 Å². The van der Waals surface area contributed by atoms with Crippen molar-refractivity contribution in [2.45, 2.75) is 34.6 Å². The largest absolute Gasteiger partial charge is 0.293 e. The molecular weight excluding hydrogens is 252 g/mol. The molecule has 1 aromatic rings. The number of ketones is 1. The Bertz CT molecular complexity index is 390. The molecule has 0 aromatic heterocycles.